The zero-order valence-electron chi connectivity index (χ0n) is 19.2. The number of hydrogen-bond acceptors (Lipinski definition) is 3. The second kappa shape index (κ2) is 8.96. The van der Waals surface area contributed by atoms with Gasteiger partial charge < -0.3 is 11.1 Å². The number of amides is 1. The fourth-order valence-corrected chi connectivity index (χ4v) is 4.32. The van der Waals surface area contributed by atoms with E-state index in [1.807, 2.05) is 74.5 Å². The molecule has 5 rings (SSSR count). The van der Waals surface area contributed by atoms with Crippen molar-refractivity contribution in [3.8, 4) is 16.8 Å². The Labute approximate surface area is 198 Å². The zero-order chi connectivity index (χ0) is 23.7. The highest BCUT2D eigenvalue weighted by atomic mass is 16.2. The van der Waals surface area contributed by atoms with Crippen LogP contribution >= 0.6 is 0 Å². The molecule has 34 heavy (non-hydrogen) atoms. The number of rotatable bonds is 5. The summed E-state index contributed by atoms with van der Waals surface area (Å²) in [6.07, 6.45) is 0. The lowest BCUT2D eigenvalue weighted by Gasteiger charge is -2.13. The zero-order valence-corrected chi connectivity index (χ0v) is 19.2. The van der Waals surface area contributed by atoms with E-state index in [4.69, 9.17) is 5.73 Å². The third-order valence-electron chi connectivity index (χ3n) is 6.05. The number of fused-ring (bicyclic) bond motifs is 1. The molecule has 0 saturated carbocycles. The number of hydrogen-bond donors (Lipinski definition) is 2. The minimum atomic E-state index is -0.205. The van der Waals surface area contributed by atoms with Crippen LogP contribution in [0.1, 0.15) is 27.3 Å². The first-order chi connectivity index (χ1) is 16.5. The van der Waals surface area contributed by atoms with Gasteiger partial charge in [0.25, 0.3) is 5.91 Å². The van der Waals surface area contributed by atoms with E-state index < -0.39 is 0 Å². The van der Waals surface area contributed by atoms with Crippen LogP contribution in [0, 0.1) is 13.8 Å². The van der Waals surface area contributed by atoms with Gasteiger partial charge in [0, 0.05) is 12.2 Å². The number of carbonyl (C=O) groups excluding carboxylic acids is 1. The Kier molecular flexibility index (Phi) is 5.70. The number of aryl methyl sites for hydroxylation is 2. The molecule has 0 aliphatic heterocycles. The predicted octanol–water partition coefficient (Wildman–Crippen LogP) is 6.02. The van der Waals surface area contributed by atoms with Gasteiger partial charge in [0.2, 0.25) is 0 Å². The first kappa shape index (κ1) is 21.6. The van der Waals surface area contributed by atoms with Crippen LogP contribution in [0.5, 0.6) is 0 Å². The van der Waals surface area contributed by atoms with E-state index in [2.05, 4.69) is 40.7 Å². The molecule has 5 aromatic rings. The monoisotopic (exact) mass is 446 g/mol. The fourth-order valence-electron chi connectivity index (χ4n) is 4.32. The standard InChI is InChI=1S/C29H26N4O/c1-19-15-22-7-3-4-8-23(22)17-27(19)33-28(16-20(2)32-33)29(34)31-25-13-11-21(12-14-25)26-10-6-5-9-24(26)18-30/h3-17H,18,30H2,1-2H3,(H,31,34). The Morgan fingerprint density at radius 2 is 1.56 bits per heavy atom. The van der Waals surface area contributed by atoms with Crippen LogP contribution < -0.4 is 11.1 Å². The summed E-state index contributed by atoms with van der Waals surface area (Å²) < 4.78 is 1.73. The lowest BCUT2D eigenvalue weighted by Crippen LogP contribution is -2.17. The van der Waals surface area contributed by atoms with Gasteiger partial charge in [0.1, 0.15) is 5.69 Å². The second-order valence-corrected chi connectivity index (χ2v) is 8.46. The molecule has 168 valence electrons. The minimum Gasteiger partial charge on any atom is -0.326 e. The first-order valence-corrected chi connectivity index (χ1v) is 11.3. The highest BCUT2D eigenvalue weighted by Gasteiger charge is 2.17. The highest BCUT2D eigenvalue weighted by molar-refractivity contribution is 6.03. The molecule has 0 spiro atoms. The smallest absolute Gasteiger partial charge is 0.274 e. The minimum absolute atomic E-state index is 0.205. The molecule has 0 bridgehead atoms. The molecule has 0 aliphatic carbocycles. The molecule has 0 atom stereocenters. The summed E-state index contributed by atoms with van der Waals surface area (Å²) in [5, 5.41) is 9.92. The fraction of sp³-hybridized carbons (Fsp3) is 0.103. The largest absolute Gasteiger partial charge is 0.326 e. The number of nitrogens with one attached hydrogen (secondary N) is 1. The SMILES string of the molecule is Cc1cc(C(=O)Nc2ccc(-c3ccccc3CN)cc2)n(-c2cc3ccccc3cc2C)n1. The van der Waals surface area contributed by atoms with Crippen molar-refractivity contribution in [2.45, 2.75) is 20.4 Å². The van der Waals surface area contributed by atoms with Gasteiger partial charge in [-0.1, -0.05) is 60.7 Å². The molecule has 5 heteroatoms. The van der Waals surface area contributed by atoms with Crippen LogP contribution in [-0.2, 0) is 6.54 Å². The predicted molar refractivity (Wildman–Crippen MR) is 138 cm³/mol. The van der Waals surface area contributed by atoms with Gasteiger partial charge in [-0.3, -0.25) is 4.79 Å². The van der Waals surface area contributed by atoms with E-state index in [1.54, 1.807) is 4.68 Å². The molecule has 0 fully saturated rings. The normalized spacial score (nSPS) is 11.0. The van der Waals surface area contributed by atoms with Gasteiger partial charge >= 0.3 is 0 Å². The molecule has 0 saturated heterocycles. The van der Waals surface area contributed by atoms with Crippen LogP contribution in [0.25, 0.3) is 27.6 Å². The number of aromatic nitrogens is 2. The van der Waals surface area contributed by atoms with Gasteiger partial charge in [-0.25, -0.2) is 4.68 Å². The number of benzene rings is 4. The van der Waals surface area contributed by atoms with Gasteiger partial charge in [-0.15, -0.1) is 0 Å². The summed E-state index contributed by atoms with van der Waals surface area (Å²) in [4.78, 5) is 13.3. The van der Waals surface area contributed by atoms with Gasteiger partial charge in [0.15, 0.2) is 0 Å². The van der Waals surface area contributed by atoms with Crippen LogP contribution in [0.3, 0.4) is 0 Å². The van der Waals surface area contributed by atoms with Gasteiger partial charge in [-0.2, -0.15) is 5.10 Å². The molecule has 0 aliphatic rings. The van der Waals surface area contributed by atoms with Crippen LogP contribution in [0.2, 0.25) is 0 Å². The summed E-state index contributed by atoms with van der Waals surface area (Å²) in [5.41, 5.74) is 13.1. The first-order valence-electron chi connectivity index (χ1n) is 11.3. The van der Waals surface area contributed by atoms with Crippen LogP contribution in [-0.4, -0.2) is 15.7 Å². The third-order valence-corrected chi connectivity index (χ3v) is 6.05. The molecule has 1 heterocycles. The summed E-state index contributed by atoms with van der Waals surface area (Å²) >= 11 is 0. The van der Waals surface area contributed by atoms with Crippen molar-refractivity contribution in [2.75, 3.05) is 5.32 Å². The Morgan fingerprint density at radius 3 is 2.29 bits per heavy atom. The van der Waals surface area contributed by atoms with Crippen molar-refractivity contribution >= 4 is 22.4 Å². The molecule has 0 unspecified atom stereocenters. The molecule has 3 N–H and O–H groups in total. The van der Waals surface area contributed by atoms with E-state index in [0.717, 1.165) is 50.1 Å². The van der Waals surface area contributed by atoms with E-state index in [0.29, 0.717) is 12.2 Å². The van der Waals surface area contributed by atoms with Crippen LogP contribution in [0.15, 0.2) is 91.0 Å². The molecular formula is C29H26N4O. The average Bonchev–Trinajstić information content (AvgIpc) is 3.25. The highest BCUT2D eigenvalue weighted by Crippen LogP contribution is 2.26. The lowest BCUT2D eigenvalue weighted by molar-refractivity contribution is 0.101. The maximum absolute atomic E-state index is 13.3. The molecule has 1 aromatic heterocycles. The van der Waals surface area contributed by atoms with E-state index in [-0.39, 0.29) is 5.91 Å². The number of anilines is 1. The molecule has 4 aromatic carbocycles. The van der Waals surface area contributed by atoms with Gasteiger partial charge in [0.05, 0.1) is 11.4 Å². The van der Waals surface area contributed by atoms with Crippen molar-refractivity contribution < 1.29 is 4.79 Å². The van der Waals surface area contributed by atoms with Gasteiger partial charge in [-0.05, 0) is 77.2 Å². The topological polar surface area (TPSA) is 72.9 Å². The molecule has 5 nitrogen and oxygen atoms in total. The number of carbonyl (C=O) groups is 1. The molecule has 0 radical (unpaired) electrons. The Hall–Kier alpha value is -4.22. The Bertz CT molecular complexity index is 1500. The molecular weight excluding hydrogens is 420 g/mol. The van der Waals surface area contributed by atoms with Crippen LogP contribution in [0.4, 0.5) is 5.69 Å². The number of nitrogens with zero attached hydrogens (tertiary/aromatic N) is 2. The summed E-state index contributed by atoms with van der Waals surface area (Å²) in [5.74, 6) is -0.205. The maximum Gasteiger partial charge on any atom is 0.274 e. The summed E-state index contributed by atoms with van der Waals surface area (Å²) in [7, 11) is 0. The second-order valence-electron chi connectivity index (χ2n) is 8.46. The third kappa shape index (κ3) is 4.09. The Balaban J connectivity index is 1.44. The lowest BCUT2D eigenvalue weighted by atomic mass is 9.99. The number of nitrogens with two attached hydrogens (primary N) is 1. The van der Waals surface area contributed by atoms with Crippen molar-refractivity contribution in [1.82, 2.24) is 9.78 Å². The van der Waals surface area contributed by atoms with E-state index >= 15 is 0 Å². The van der Waals surface area contributed by atoms with E-state index in [9.17, 15) is 4.79 Å². The van der Waals surface area contributed by atoms with Crippen molar-refractivity contribution in [3.63, 3.8) is 0 Å². The maximum atomic E-state index is 13.3. The van der Waals surface area contributed by atoms with E-state index in [1.165, 1.54) is 0 Å². The van der Waals surface area contributed by atoms with Crippen molar-refractivity contribution in [3.05, 3.63) is 114 Å². The summed E-state index contributed by atoms with van der Waals surface area (Å²) in [6.45, 7) is 4.41. The molecule has 1 amide bonds. The van der Waals surface area contributed by atoms with Crippen molar-refractivity contribution in [1.29, 1.82) is 0 Å². The Morgan fingerprint density at radius 1 is 0.882 bits per heavy atom. The van der Waals surface area contributed by atoms with Crippen molar-refractivity contribution in [2.24, 2.45) is 5.73 Å². The average molecular weight is 447 g/mol. The quantitative estimate of drug-likeness (QED) is 0.347. The summed E-state index contributed by atoms with van der Waals surface area (Å²) in [6, 6.07) is 30.1.